The van der Waals surface area contributed by atoms with Gasteiger partial charge in [0, 0.05) is 17.8 Å². The summed E-state index contributed by atoms with van der Waals surface area (Å²) in [6, 6.07) is 10.9. The molecule has 1 aliphatic rings. The van der Waals surface area contributed by atoms with E-state index in [4.69, 9.17) is 0 Å². The van der Waals surface area contributed by atoms with Gasteiger partial charge in [-0.05, 0) is 30.8 Å². The number of amidine groups is 1. The van der Waals surface area contributed by atoms with Crippen LogP contribution in [0.4, 0.5) is 11.5 Å². The minimum atomic E-state index is -0.587. The fourth-order valence-electron chi connectivity index (χ4n) is 2.08. The van der Waals surface area contributed by atoms with Crippen LogP contribution in [0.5, 0.6) is 0 Å². The number of aryl methyl sites for hydroxylation is 1. The van der Waals surface area contributed by atoms with Gasteiger partial charge in [-0.2, -0.15) is 5.10 Å². The lowest BCUT2D eigenvalue weighted by Crippen LogP contribution is -2.28. The van der Waals surface area contributed by atoms with Crippen LogP contribution in [0.1, 0.15) is 5.69 Å². The number of H-pyrrole nitrogens is 1. The van der Waals surface area contributed by atoms with E-state index in [2.05, 4.69) is 19.9 Å². The zero-order chi connectivity index (χ0) is 17.1. The van der Waals surface area contributed by atoms with E-state index in [0.29, 0.717) is 16.7 Å². The maximum atomic E-state index is 12.7. The molecule has 2 heterocycles. The third-order valence-electron chi connectivity index (χ3n) is 3.17. The van der Waals surface area contributed by atoms with Gasteiger partial charge in [-0.1, -0.05) is 18.2 Å². The van der Waals surface area contributed by atoms with Gasteiger partial charge in [0.15, 0.2) is 11.0 Å². The summed E-state index contributed by atoms with van der Waals surface area (Å²) in [5.41, 5.74) is 1.52. The van der Waals surface area contributed by atoms with Crippen molar-refractivity contribution < 1.29 is 14.3 Å². The Bertz CT molecular complexity index is 842. The first kappa shape index (κ1) is 16.0. The Hall–Kier alpha value is -2.87. The number of amides is 1. The summed E-state index contributed by atoms with van der Waals surface area (Å²) in [6.07, 6.45) is 1.17. The van der Waals surface area contributed by atoms with E-state index in [0.717, 1.165) is 17.5 Å². The molecular formula is C16H14N4O3S. The van der Waals surface area contributed by atoms with E-state index in [-0.39, 0.29) is 10.8 Å². The zero-order valence-electron chi connectivity index (χ0n) is 13.0. The fraction of sp³-hybridized carbons (Fsp3) is 0.125. The highest BCUT2D eigenvalue weighted by atomic mass is 32.2. The van der Waals surface area contributed by atoms with Gasteiger partial charge < -0.3 is 4.74 Å². The maximum absolute atomic E-state index is 12.7. The van der Waals surface area contributed by atoms with Crippen LogP contribution in [0.15, 0.2) is 52.4 Å². The molecule has 1 aromatic carbocycles. The van der Waals surface area contributed by atoms with Gasteiger partial charge in [-0.15, -0.1) is 0 Å². The van der Waals surface area contributed by atoms with Crippen molar-refractivity contribution in [2.24, 2.45) is 4.99 Å². The lowest BCUT2D eigenvalue weighted by atomic mass is 10.3. The van der Waals surface area contributed by atoms with Crippen LogP contribution in [0.25, 0.3) is 0 Å². The molecule has 24 heavy (non-hydrogen) atoms. The summed E-state index contributed by atoms with van der Waals surface area (Å²) in [4.78, 5) is 30.3. The summed E-state index contributed by atoms with van der Waals surface area (Å²) in [7, 11) is 1.26. The Labute approximate surface area is 142 Å². The molecule has 0 radical (unpaired) electrons. The average molecular weight is 342 g/mol. The van der Waals surface area contributed by atoms with E-state index < -0.39 is 5.97 Å². The molecule has 1 fully saturated rings. The van der Waals surface area contributed by atoms with Gasteiger partial charge in [0.05, 0.1) is 17.7 Å². The van der Waals surface area contributed by atoms with Crippen LogP contribution in [-0.2, 0) is 14.3 Å². The van der Waals surface area contributed by atoms with Gasteiger partial charge in [0.1, 0.15) is 0 Å². The summed E-state index contributed by atoms with van der Waals surface area (Å²) in [6.45, 7) is 1.86. The van der Waals surface area contributed by atoms with Crippen LogP contribution >= 0.6 is 11.8 Å². The number of para-hydroxylation sites is 1. The third-order valence-corrected chi connectivity index (χ3v) is 4.14. The number of hydrogen-bond donors (Lipinski definition) is 1. The van der Waals surface area contributed by atoms with E-state index >= 15 is 0 Å². The first-order valence-corrected chi connectivity index (χ1v) is 7.88. The number of carbonyl (C=O) groups excluding carboxylic acids is 2. The van der Waals surface area contributed by atoms with E-state index in [1.165, 1.54) is 18.1 Å². The van der Waals surface area contributed by atoms with Crippen molar-refractivity contribution in [1.29, 1.82) is 0 Å². The Morgan fingerprint density at radius 2 is 2.12 bits per heavy atom. The maximum Gasteiger partial charge on any atom is 0.331 e. The molecule has 2 aromatic rings. The average Bonchev–Trinajstić information content (AvgIpc) is 3.12. The second-order valence-corrected chi connectivity index (χ2v) is 5.92. The number of thioether (sulfide) groups is 1. The summed E-state index contributed by atoms with van der Waals surface area (Å²) < 4.78 is 4.60. The van der Waals surface area contributed by atoms with Crippen LogP contribution < -0.4 is 4.90 Å². The normalized spacial score (nSPS) is 17.8. The molecule has 1 saturated heterocycles. The van der Waals surface area contributed by atoms with E-state index in [9.17, 15) is 9.59 Å². The number of benzene rings is 1. The van der Waals surface area contributed by atoms with Gasteiger partial charge in [0.25, 0.3) is 5.91 Å². The van der Waals surface area contributed by atoms with E-state index in [1.807, 2.05) is 25.1 Å². The number of nitrogens with zero attached hydrogens (tertiary/aromatic N) is 3. The zero-order valence-corrected chi connectivity index (χ0v) is 13.8. The molecule has 8 heteroatoms. The lowest BCUT2D eigenvalue weighted by molar-refractivity contribution is -0.135. The highest BCUT2D eigenvalue weighted by Gasteiger charge is 2.35. The summed E-state index contributed by atoms with van der Waals surface area (Å²) in [5, 5.41) is 7.29. The molecule has 0 aliphatic carbocycles. The second-order valence-electron chi connectivity index (χ2n) is 4.91. The van der Waals surface area contributed by atoms with Crippen molar-refractivity contribution in [1.82, 2.24) is 10.2 Å². The highest BCUT2D eigenvalue weighted by Crippen LogP contribution is 2.35. The first-order chi connectivity index (χ1) is 11.6. The monoisotopic (exact) mass is 342 g/mol. The van der Waals surface area contributed by atoms with Crippen molar-refractivity contribution in [3.63, 3.8) is 0 Å². The SMILES string of the molecule is COC(=O)/C=C1\SC(=Nc2cc(C)[nH]n2)N(c2ccccc2)C1=O. The Kier molecular flexibility index (Phi) is 4.48. The molecule has 1 N–H and O–H groups in total. The number of aromatic nitrogens is 2. The van der Waals surface area contributed by atoms with Crippen molar-refractivity contribution >= 4 is 40.3 Å². The number of aromatic amines is 1. The number of esters is 1. The standard InChI is InChI=1S/C16H14N4O3S/c1-10-8-13(19-18-10)17-16-20(11-6-4-3-5-7-11)15(22)12(24-16)9-14(21)23-2/h3-9H,1-2H3,(H,18,19)/b12-9-,17-16?. The lowest BCUT2D eigenvalue weighted by Gasteiger charge is -2.14. The molecule has 0 atom stereocenters. The van der Waals surface area contributed by atoms with Gasteiger partial charge in [-0.3, -0.25) is 14.8 Å². The summed E-state index contributed by atoms with van der Waals surface area (Å²) in [5.74, 6) is -0.457. The smallest absolute Gasteiger partial charge is 0.331 e. The van der Waals surface area contributed by atoms with Gasteiger partial charge in [-0.25, -0.2) is 9.79 Å². The second kappa shape index (κ2) is 6.71. The Morgan fingerprint density at radius 1 is 1.38 bits per heavy atom. The molecule has 0 bridgehead atoms. The number of anilines is 1. The molecule has 122 valence electrons. The molecule has 1 amide bonds. The fourth-order valence-corrected chi connectivity index (χ4v) is 3.03. The predicted octanol–water partition coefficient (Wildman–Crippen LogP) is 2.54. The quantitative estimate of drug-likeness (QED) is 0.684. The summed E-state index contributed by atoms with van der Waals surface area (Å²) >= 11 is 1.10. The molecular weight excluding hydrogens is 328 g/mol. The molecule has 3 rings (SSSR count). The number of aliphatic imine (C=N–C) groups is 1. The number of ether oxygens (including phenoxy) is 1. The van der Waals surface area contributed by atoms with Crippen LogP contribution in [0, 0.1) is 6.92 Å². The van der Waals surface area contributed by atoms with Crippen LogP contribution in [0.3, 0.4) is 0 Å². The van der Waals surface area contributed by atoms with Crippen molar-refractivity contribution in [2.45, 2.75) is 6.92 Å². The molecule has 0 spiro atoms. The van der Waals surface area contributed by atoms with Crippen molar-refractivity contribution in [3.8, 4) is 0 Å². The molecule has 1 aliphatic heterocycles. The number of carbonyl (C=O) groups is 2. The van der Waals surface area contributed by atoms with Crippen molar-refractivity contribution in [2.75, 3.05) is 12.0 Å². The van der Waals surface area contributed by atoms with Gasteiger partial charge >= 0.3 is 5.97 Å². The Balaban J connectivity index is 2.04. The highest BCUT2D eigenvalue weighted by molar-refractivity contribution is 8.19. The molecule has 0 unspecified atom stereocenters. The number of rotatable bonds is 3. The topological polar surface area (TPSA) is 87.7 Å². The predicted molar refractivity (Wildman–Crippen MR) is 92.0 cm³/mol. The minimum Gasteiger partial charge on any atom is -0.466 e. The molecule has 7 nitrogen and oxygen atoms in total. The van der Waals surface area contributed by atoms with Crippen molar-refractivity contribution in [3.05, 3.63) is 53.1 Å². The van der Waals surface area contributed by atoms with Crippen LogP contribution in [-0.4, -0.2) is 34.4 Å². The number of hydrogen-bond acceptors (Lipinski definition) is 6. The largest absolute Gasteiger partial charge is 0.466 e. The van der Waals surface area contributed by atoms with E-state index in [1.54, 1.807) is 18.2 Å². The minimum absolute atomic E-state index is 0.247. The van der Waals surface area contributed by atoms with Gasteiger partial charge in [0.2, 0.25) is 0 Å². The molecule has 1 aromatic heterocycles. The molecule has 0 saturated carbocycles. The first-order valence-electron chi connectivity index (χ1n) is 7.06. The number of nitrogens with one attached hydrogen (secondary N) is 1. The number of methoxy groups -OCH3 is 1. The third kappa shape index (κ3) is 3.23. The van der Waals surface area contributed by atoms with Crippen LogP contribution in [0.2, 0.25) is 0 Å². The Morgan fingerprint density at radius 3 is 2.75 bits per heavy atom.